The van der Waals surface area contributed by atoms with Crippen LogP contribution in [-0.4, -0.2) is 8.99 Å². The van der Waals surface area contributed by atoms with Crippen molar-refractivity contribution in [2.75, 3.05) is 4.43 Å². The van der Waals surface area contributed by atoms with Crippen molar-refractivity contribution in [3.8, 4) is 6.07 Å². The van der Waals surface area contributed by atoms with Crippen LogP contribution < -0.4 is 0 Å². The molecule has 76 valence electrons. The fourth-order valence-corrected chi connectivity index (χ4v) is 2.09. The quantitative estimate of drug-likeness (QED) is 0.631. The first-order valence-electron chi connectivity index (χ1n) is 4.90. The number of benzene rings is 1. The van der Waals surface area contributed by atoms with Crippen LogP contribution >= 0.6 is 22.6 Å². The van der Waals surface area contributed by atoms with Crippen molar-refractivity contribution < 1.29 is 0 Å². The Labute approximate surface area is 103 Å². The molecule has 0 aliphatic carbocycles. The van der Waals surface area contributed by atoms with Gasteiger partial charge in [0.1, 0.15) is 6.07 Å². The van der Waals surface area contributed by atoms with Gasteiger partial charge in [-0.25, -0.2) is 0 Å². The third-order valence-corrected chi connectivity index (χ3v) is 3.20. The maximum absolute atomic E-state index is 9.01. The lowest BCUT2D eigenvalue weighted by Gasteiger charge is -2.02. The standard InChI is InChI=1S/C12H11IN2/c13-6-3-7-15-9-10(8-14)11-4-1-2-5-12(11)15/h1-2,4-5,9H,3,6-7H2. The number of para-hydroxylation sites is 1. The van der Waals surface area contributed by atoms with E-state index in [0.717, 1.165) is 28.3 Å². The van der Waals surface area contributed by atoms with Crippen LogP contribution in [0.15, 0.2) is 30.5 Å². The average molecular weight is 310 g/mol. The van der Waals surface area contributed by atoms with E-state index in [1.54, 1.807) is 0 Å². The summed E-state index contributed by atoms with van der Waals surface area (Å²) in [7, 11) is 0. The highest BCUT2D eigenvalue weighted by molar-refractivity contribution is 14.1. The molecular weight excluding hydrogens is 299 g/mol. The van der Waals surface area contributed by atoms with Gasteiger partial charge in [-0.2, -0.15) is 5.26 Å². The van der Waals surface area contributed by atoms with Gasteiger partial charge >= 0.3 is 0 Å². The van der Waals surface area contributed by atoms with Crippen LogP contribution in [0.2, 0.25) is 0 Å². The first-order valence-corrected chi connectivity index (χ1v) is 6.43. The van der Waals surface area contributed by atoms with Gasteiger partial charge in [0.15, 0.2) is 0 Å². The number of rotatable bonds is 3. The molecule has 2 nitrogen and oxygen atoms in total. The van der Waals surface area contributed by atoms with E-state index in [-0.39, 0.29) is 0 Å². The van der Waals surface area contributed by atoms with E-state index in [0.29, 0.717) is 0 Å². The van der Waals surface area contributed by atoms with Crippen molar-refractivity contribution in [2.45, 2.75) is 13.0 Å². The lowest BCUT2D eigenvalue weighted by molar-refractivity contribution is 0.713. The highest BCUT2D eigenvalue weighted by atomic mass is 127. The molecule has 0 radical (unpaired) electrons. The molecule has 1 heterocycles. The first-order chi connectivity index (χ1) is 7.36. The summed E-state index contributed by atoms with van der Waals surface area (Å²) in [6, 6.07) is 10.3. The number of alkyl halides is 1. The lowest BCUT2D eigenvalue weighted by Crippen LogP contribution is -1.95. The van der Waals surface area contributed by atoms with Crippen LogP contribution in [-0.2, 0) is 6.54 Å². The van der Waals surface area contributed by atoms with Crippen molar-refractivity contribution >= 4 is 33.5 Å². The minimum absolute atomic E-state index is 0.777. The third kappa shape index (κ3) is 2.00. The molecule has 0 saturated carbocycles. The summed E-state index contributed by atoms with van der Waals surface area (Å²) < 4.78 is 3.32. The molecule has 0 bridgehead atoms. The molecule has 0 fully saturated rings. The second-order valence-corrected chi connectivity index (χ2v) is 4.49. The van der Waals surface area contributed by atoms with E-state index < -0.39 is 0 Å². The summed E-state index contributed by atoms with van der Waals surface area (Å²) in [4.78, 5) is 0. The molecule has 0 unspecified atom stereocenters. The number of fused-ring (bicyclic) bond motifs is 1. The second kappa shape index (κ2) is 4.67. The fraction of sp³-hybridized carbons (Fsp3) is 0.250. The predicted molar refractivity (Wildman–Crippen MR) is 70.2 cm³/mol. The summed E-state index contributed by atoms with van der Waals surface area (Å²) in [6.07, 6.45) is 3.10. The zero-order chi connectivity index (χ0) is 10.7. The molecule has 0 N–H and O–H groups in total. The largest absolute Gasteiger partial charge is 0.346 e. The van der Waals surface area contributed by atoms with E-state index in [4.69, 9.17) is 5.26 Å². The monoisotopic (exact) mass is 310 g/mol. The normalized spacial score (nSPS) is 10.4. The smallest absolute Gasteiger partial charge is 0.101 e. The average Bonchev–Trinajstić information content (AvgIpc) is 2.65. The van der Waals surface area contributed by atoms with Gasteiger partial charge in [-0.1, -0.05) is 40.8 Å². The molecule has 3 heteroatoms. The molecule has 0 aliphatic heterocycles. The van der Waals surface area contributed by atoms with Gasteiger partial charge < -0.3 is 4.57 Å². The number of hydrogen-bond acceptors (Lipinski definition) is 1. The number of aromatic nitrogens is 1. The van der Waals surface area contributed by atoms with Crippen molar-refractivity contribution in [3.05, 3.63) is 36.0 Å². The second-order valence-electron chi connectivity index (χ2n) is 3.41. The Hall–Kier alpha value is -1.02. The van der Waals surface area contributed by atoms with Crippen LogP contribution in [0.1, 0.15) is 12.0 Å². The SMILES string of the molecule is N#Cc1cn(CCCI)c2ccccc12. The summed E-state index contributed by atoms with van der Waals surface area (Å²) in [5, 5.41) is 10.1. The van der Waals surface area contributed by atoms with Crippen LogP contribution in [0, 0.1) is 11.3 Å². The Bertz CT molecular complexity index is 508. The number of aryl methyl sites for hydroxylation is 1. The predicted octanol–water partition coefficient (Wildman–Crippen LogP) is 3.34. The summed E-state index contributed by atoms with van der Waals surface area (Å²) >= 11 is 2.38. The molecule has 0 amide bonds. The Balaban J connectivity index is 2.51. The van der Waals surface area contributed by atoms with Gasteiger partial charge in [0.25, 0.3) is 0 Å². The minimum atomic E-state index is 0.777. The molecule has 1 aromatic heterocycles. The minimum Gasteiger partial charge on any atom is -0.346 e. The lowest BCUT2D eigenvalue weighted by atomic mass is 10.2. The van der Waals surface area contributed by atoms with Gasteiger partial charge in [-0.05, 0) is 12.5 Å². The molecule has 2 aromatic rings. The molecule has 2 rings (SSSR count). The summed E-state index contributed by atoms with van der Waals surface area (Å²) in [5.74, 6) is 0. The maximum atomic E-state index is 9.01. The van der Waals surface area contributed by atoms with Crippen LogP contribution in [0.5, 0.6) is 0 Å². The Kier molecular flexibility index (Phi) is 3.27. The van der Waals surface area contributed by atoms with Crippen molar-refractivity contribution in [2.24, 2.45) is 0 Å². The van der Waals surface area contributed by atoms with Crippen LogP contribution in [0.25, 0.3) is 10.9 Å². The molecule has 0 saturated heterocycles. The highest BCUT2D eigenvalue weighted by Gasteiger charge is 2.06. The maximum Gasteiger partial charge on any atom is 0.101 e. The molecule has 0 atom stereocenters. The highest BCUT2D eigenvalue weighted by Crippen LogP contribution is 2.20. The number of halogens is 1. The zero-order valence-corrected chi connectivity index (χ0v) is 10.4. The van der Waals surface area contributed by atoms with Gasteiger partial charge in [0.05, 0.1) is 5.56 Å². The molecule has 1 aromatic carbocycles. The van der Waals surface area contributed by atoms with E-state index >= 15 is 0 Å². The van der Waals surface area contributed by atoms with Gasteiger partial charge in [-0.3, -0.25) is 0 Å². The van der Waals surface area contributed by atoms with Crippen molar-refractivity contribution in [3.63, 3.8) is 0 Å². The molecule has 15 heavy (non-hydrogen) atoms. The van der Waals surface area contributed by atoms with Crippen LogP contribution in [0.4, 0.5) is 0 Å². The molecule has 0 spiro atoms. The fourth-order valence-electron chi connectivity index (χ4n) is 1.75. The zero-order valence-electron chi connectivity index (χ0n) is 8.28. The van der Waals surface area contributed by atoms with Gasteiger partial charge in [0.2, 0.25) is 0 Å². The van der Waals surface area contributed by atoms with Crippen molar-refractivity contribution in [1.29, 1.82) is 5.26 Å². The Morgan fingerprint density at radius 2 is 2.13 bits per heavy atom. The van der Waals surface area contributed by atoms with E-state index in [1.807, 2.05) is 24.4 Å². The van der Waals surface area contributed by atoms with E-state index in [2.05, 4.69) is 39.3 Å². The Morgan fingerprint density at radius 3 is 2.87 bits per heavy atom. The summed E-state index contributed by atoms with van der Waals surface area (Å²) in [6.45, 7) is 0.991. The van der Waals surface area contributed by atoms with E-state index in [9.17, 15) is 0 Å². The number of nitrogens with zero attached hydrogens (tertiary/aromatic N) is 2. The molecule has 0 aliphatic rings. The van der Waals surface area contributed by atoms with Gasteiger partial charge in [0, 0.05) is 28.1 Å². The van der Waals surface area contributed by atoms with Crippen LogP contribution in [0.3, 0.4) is 0 Å². The third-order valence-electron chi connectivity index (χ3n) is 2.44. The number of hydrogen-bond donors (Lipinski definition) is 0. The Morgan fingerprint density at radius 1 is 1.33 bits per heavy atom. The molecular formula is C12H11IN2. The van der Waals surface area contributed by atoms with E-state index in [1.165, 1.54) is 5.52 Å². The summed E-state index contributed by atoms with van der Waals surface area (Å²) in [5.41, 5.74) is 1.94. The van der Waals surface area contributed by atoms with Crippen molar-refractivity contribution in [1.82, 2.24) is 4.57 Å². The number of nitriles is 1. The van der Waals surface area contributed by atoms with Gasteiger partial charge in [-0.15, -0.1) is 0 Å². The topological polar surface area (TPSA) is 28.7 Å². The first kappa shape index (κ1) is 10.5.